The second-order valence-corrected chi connectivity index (χ2v) is 5.18. The summed E-state index contributed by atoms with van der Waals surface area (Å²) in [6, 6.07) is 0. The van der Waals surface area contributed by atoms with Crippen LogP contribution in [0.1, 0.15) is 51.4 Å². The van der Waals surface area contributed by atoms with Gasteiger partial charge in [0.05, 0.1) is 13.0 Å². The van der Waals surface area contributed by atoms with Crippen molar-refractivity contribution in [1.82, 2.24) is 0 Å². The molecule has 0 amide bonds. The van der Waals surface area contributed by atoms with Gasteiger partial charge in [0.25, 0.3) is 0 Å². The number of esters is 1. The van der Waals surface area contributed by atoms with Crippen LogP contribution in [0, 0.1) is 17.8 Å². The molecule has 2 fully saturated rings. The summed E-state index contributed by atoms with van der Waals surface area (Å²) in [7, 11) is 1.51. The zero-order valence-corrected chi connectivity index (χ0v) is 9.71. The summed E-state index contributed by atoms with van der Waals surface area (Å²) < 4.78 is 4.81. The summed E-state index contributed by atoms with van der Waals surface area (Å²) in [5, 5.41) is 0. The molecule has 0 bridgehead atoms. The SMILES string of the molecule is COC(=O)C1CCC(C2CCCC2)CC1. The van der Waals surface area contributed by atoms with Crippen LogP contribution in [0.3, 0.4) is 0 Å². The molecule has 0 aromatic carbocycles. The Morgan fingerprint density at radius 1 is 0.933 bits per heavy atom. The van der Waals surface area contributed by atoms with Crippen molar-refractivity contribution in [2.75, 3.05) is 7.11 Å². The monoisotopic (exact) mass is 210 g/mol. The van der Waals surface area contributed by atoms with Crippen LogP contribution in [-0.2, 0) is 9.53 Å². The largest absolute Gasteiger partial charge is 0.469 e. The zero-order chi connectivity index (χ0) is 10.7. The average Bonchev–Trinajstić information content (AvgIpc) is 2.82. The summed E-state index contributed by atoms with van der Waals surface area (Å²) in [6.07, 6.45) is 10.4. The molecule has 0 atom stereocenters. The molecule has 0 saturated heterocycles. The Morgan fingerprint density at radius 2 is 1.47 bits per heavy atom. The number of methoxy groups -OCH3 is 1. The van der Waals surface area contributed by atoms with E-state index in [-0.39, 0.29) is 11.9 Å². The third kappa shape index (κ3) is 2.53. The van der Waals surface area contributed by atoms with Crippen LogP contribution in [0.2, 0.25) is 0 Å². The van der Waals surface area contributed by atoms with E-state index in [1.165, 1.54) is 45.6 Å². The van der Waals surface area contributed by atoms with Gasteiger partial charge in [0.15, 0.2) is 0 Å². The van der Waals surface area contributed by atoms with Gasteiger partial charge in [-0.25, -0.2) is 0 Å². The first-order chi connectivity index (χ1) is 7.31. The molecule has 2 heteroatoms. The standard InChI is InChI=1S/C13H22O2/c1-15-13(14)12-8-6-11(7-9-12)10-4-2-3-5-10/h10-12H,2-9H2,1H3. The number of carbonyl (C=O) groups is 1. The average molecular weight is 210 g/mol. The van der Waals surface area contributed by atoms with E-state index >= 15 is 0 Å². The van der Waals surface area contributed by atoms with Gasteiger partial charge in [0.2, 0.25) is 0 Å². The molecule has 0 N–H and O–H groups in total. The van der Waals surface area contributed by atoms with Gasteiger partial charge in [-0.15, -0.1) is 0 Å². The molecule has 0 heterocycles. The van der Waals surface area contributed by atoms with Crippen LogP contribution in [-0.4, -0.2) is 13.1 Å². The topological polar surface area (TPSA) is 26.3 Å². The highest BCUT2D eigenvalue weighted by Gasteiger charge is 2.32. The summed E-state index contributed by atoms with van der Waals surface area (Å²) in [6.45, 7) is 0. The fourth-order valence-corrected chi connectivity index (χ4v) is 3.42. The summed E-state index contributed by atoms with van der Waals surface area (Å²) in [5.41, 5.74) is 0. The fourth-order valence-electron chi connectivity index (χ4n) is 3.42. The lowest BCUT2D eigenvalue weighted by molar-refractivity contribution is -0.147. The van der Waals surface area contributed by atoms with Crippen LogP contribution >= 0.6 is 0 Å². The lowest BCUT2D eigenvalue weighted by Gasteiger charge is -2.30. The highest BCUT2D eigenvalue weighted by Crippen LogP contribution is 2.40. The molecular formula is C13H22O2. The Bertz CT molecular complexity index is 211. The Hall–Kier alpha value is -0.530. The summed E-state index contributed by atoms with van der Waals surface area (Å²) in [5.74, 6) is 2.10. The zero-order valence-electron chi connectivity index (χ0n) is 9.71. The first-order valence-electron chi connectivity index (χ1n) is 6.39. The van der Waals surface area contributed by atoms with Gasteiger partial charge in [-0.1, -0.05) is 25.7 Å². The molecule has 2 rings (SSSR count). The number of hydrogen-bond acceptors (Lipinski definition) is 2. The second-order valence-electron chi connectivity index (χ2n) is 5.18. The predicted octanol–water partition coefficient (Wildman–Crippen LogP) is 3.16. The highest BCUT2D eigenvalue weighted by molar-refractivity contribution is 5.72. The van der Waals surface area contributed by atoms with Crippen LogP contribution < -0.4 is 0 Å². The lowest BCUT2D eigenvalue weighted by Crippen LogP contribution is -2.25. The van der Waals surface area contributed by atoms with Crippen LogP contribution in [0.25, 0.3) is 0 Å². The Kier molecular flexibility index (Phi) is 3.66. The van der Waals surface area contributed by atoms with Crippen molar-refractivity contribution in [3.63, 3.8) is 0 Å². The molecule has 2 saturated carbocycles. The fraction of sp³-hybridized carbons (Fsp3) is 0.923. The predicted molar refractivity (Wildman–Crippen MR) is 59.4 cm³/mol. The molecule has 0 aliphatic heterocycles. The van der Waals surface area contributed by atoms with Crippen molar-refractivity contribution in [2.45, 2.75) is 51.4 Å². The third-order valence-corrected chi connectivity index (χ3v) is 4.37. The van der Waals surface area contributed by atoms with Crippen LogP contribution in [0.15, 0.2) is 0 Å². The minimum Gasteiger partial charge on any atom is -0.469 e. The third-order valence-electron chi connectivity index (χ3n) is 4.37. The summed E-state index contributed by atoms with van der Waals surface area (Å²) in [4.78, 5) is 11.4. The smallest absolute Gasteiger partial charge is 0.308 e. The van der Waals surface area contributed by atoms with Crippen LogP contribution in [0.4, 0.5) is 0 Å². The van der Waals surface area contributed by atoms with E-state index in [0.717, 1.165) is 24.7 Å². The van der Waals surface area contributed by atoms with Gasteiger partial charge in [0.1, 0.15) is 0 Å². The molecule has 2 aliphatic carbocycles. The van der Waals surface area contributed by atoms with Gasteiger partial charge in [-0.3, -0.25) is 4.79 Å². The normalized spacial score (nSPS) is 32.9. The number of hydrogen-bond donors (Lipinski definition) is 0. The molecule has 15 heavy (non-hydrogen) atoms. The number of ether oxygens (including phenoxy) is 1. The first-order valence-corrected chi connectivity index (χ1v) is 6.39. The van der Waals surface area contributed by atoms with Crippen LogP contribution in [0.5, 0.6) is 0 Å². The lowest BCUT2D eigenvalue weighted by atomic mass is 9.75. The van der Waals surface area contributed by atoms with Crippen molar-refractivity contribution in [3.05, 3.63) is 0 Å². The van der Waals surface area contributed by atoms with E-state index in [9.17, 15) is 4.79 Å². The first kappa shape index (κ1) is 11.0. The van der Waals surface area contributed by atoms with Crippen molar-refractivity contribution < 1.29 is 9.53 Å². The Labute approximate surface area is 92.4 Å². The van der Waals surface area contributed by atoms with Gasteiger partial charge in [0, 0.05) is 0 Å². The van der Waals surface area contributed by atoms with E-state index in [2.05, 4.69) is 0 Å². The quantitative estimate of drug-likeness (QED) is 0.654. The van der Waals surface area contributed by atoms with Crippen molar-refractivity contribution >= 4 is 5.97 Å². The van der Waals surface area contributed by atoms with E-state index < -0.39 is 0 Å². The van der Waals surface area contributed by atoms with Gasteiger partial charge >= 0.3 is 5.97 Å². The van der Waals surface area contributed by atoms with Crippen molar-refractivity contribution in [2.24, 2.45) is 17.8 Å². The Balaban J connectivity index is 1.78. The van der Waals surface area contributed by atoms with Crippen molar-refractivity contribution in [1.29, 1.82) is 0 Å². The van der Waals surface area contributed by atoms with E-state index in [1.54, 1.807) is 0 Å². The maximum Gasteiger partial charge on any atom is 0.308 e. The number of carbonyl (C=O) groups excluding carboxylic acids is 1. The minimum atomic E-state index is 0.0138. The summed E-state index contributed by atoms with van der Waals surface area (Å²) >= 11 is 0. The molecule has 0 aromatic heterocycles. The van der Waals surface area contributed by atoms with Gasteiger partial charge in [-0.2, -0.15) is 0 Å². The van der Waals surface area contributed by atoms with E-state index in [1.807, 2.05) is 0 Å². The molecular weight excluding hydrogens is 188 g/mol. The minimum absolute atomic E-state index is 0.0138. The molecule has 0 radical (unpaired) electrons. The molecule has 2 nitrogen and oxygen atoms in total. The maximum atomic E-state index is 11.4. The molecule has 0 unspecified atom stereocenters. The van der Waals surface area contributed by atoms with Crippen molar-refractivity contribution in [3.8, 4) is 0 Å². The number of rotatable bonds is 2. The molecule has 86 valence electrons. The Morgan fingerprint density at radius 3 is 2.00 bits per heavy atom. The molecule has 2 aliphatic rings. The van der Waals surface area contributed by atoms with Gasteiger partial charge < -0.3 is 4.74 Å². The van der Waals surface area contributed by atoms with Gasteiger partial charge in [-0.05, 0) is 37.5 Å². The second kappa shape index (κ2) is 5.00. The maximum absolute atomic E-state index is 11.4. The molecule has 0 aromatic rings. The van der Waals surface area contributed by atoms with E-state index in [0.29, 0.717) is 0 Å². The highest BCUT2D eigenvalue weighted by atomic mass is 16.5. The molecule has 0 spiro atoms. The van der Waals surface area contributed by atoms with E-state index in [4.69, 9.17) is 4.74 Å².